The fourth-order valence-corrected chi connectivity index (χ4v) is 2.32. The van der Waals surface area contributed by atoms with Gasteiger partial charge in [0.05, 0.1) is 5.69 Å². The normalized spacial score (nSPS) is 10.4. The molecule has 5 heteroatoms. The Morgan fingerprint density at radius 3 is 2.61 bits per heavy atom. The maximum Gasteiger partial charge on any atom is 0.144 e. The highest BCUT2D eigenvalue weighted by Crippen LogP contribution is 2.28. The Bertz CT molecular complexity index is 575. The van der Waals surface area contributed by atoms with Crippen LogP contribution in [0.2, 0.25) is 10.0 Å². The zero-order valence-electron chi connectivity index (χ0n) is 9.29. The summed E-state index contributed by atoms with van der Waals surface area (Å²) >= 11 is 15.3. The van der Waals surface area contributed by atoms with Crippen molar-refractivity contribution < 1.29 is 4.74 Å². The van der Waals surface area contributed by atoms with Crippen LogP contribution >= 0.6 is 39.1 Å². The molecule has 0 saturated carbocycles. The van der Waals surface area contributed by atoms with Crippen LogP contribution in [-0.2, 0) is 6.61 Å². The molecule has 0 saturated heterocycles. The summed E-state index contributed by atoms with van der Waals surface area (Å²) in [6.07, 6.45) is 0. The fourth-order valence-electron chi connectivity index (χ4n) is 1.43. The van der Waals surface area contributed by atoms with Gasteiger partial charge in [0.25, 0.3) is 0 Å². The van der Waals surface area contributed by atoms with E-state index in [4.69, 9.17) is 33.7 Å². The van der Waals surface area contributed by atoms with E-state index in [1.165, 1.54) is 0 Å². The molecular weight excluding hydrogens is 337 g/mol. The number of benzene rings is 2. The van der Waals surface area contributed by atoms with Gasteiger partial charge in [0.15, 0.2) is 0 Å². The highest BCUT2D eigenvalue weighted by atomic mass is 79.9. The molecule has 0 aliphatic heterocycles. The van der Waals surface area contributed by atoms with Gasteiger partial charge >= 0.3 is 0 Å². The van der Waals surface area contributed by atoms with Crippen molar-refractivity contribution in [2.45, 2.75) is 6.61 Å². The summed E-state index contributed by atoms with van der Waals surface area (Å²) in [5, 5.41) is 1.23. The minimum atomic E-state index is 0.344. The topological polar surface area (TPSA) is 35.2 Å². The van der Waals surface area contributed by atoms with Gasteiger partial charge in [-0.05, 0) is 24.3 Å². The zero-order valence-corrected chi connectivity index (χ0v) is 12.4. The van der Waals surface area contributed by atoms with Gasteiger partial charge in [-0.25, -0.2) is 0 Å². The molecular formula is C13H10BrCl2NO. The van der Waals surface area contributed by atoms with Crippen molar-refractivity contribution >= 4 is 44.8 Å². The summed E-state index contributed by atoms with van der Waals surface area (Å²) in [5.74, 6) is 0.557. The average Bonchev–Trinajstić information content (AvgIpc) is 2.32. The Labute approximate surface area is 124 Å². The highest BCUT2D eigenvalue weighted by molar-refractivity contribution is 9.10. The molecule has 0 aromatic heterocycles. The van der Waals surface area contributed by atoms with Gasteiger partial charge in [0, 0.05) is 26.1 Å². The fraction of sp³-hybridized carbons (Fsp3) is 0.0769. The Balaban J connectivity index is 2.13. The molecule has 0 spiro atoms. The zero-order chi connectivity index (χ0) is 13.1. The first-order valence-corrected chi connectivity index (χ1v) is 6.73. The van der Waals surface area contributed by atoms with E-state index >= 15 is 0 Å². The molecule has 0 amide bonds. The molecule has 2 aromatic carbocycles. The number of anilines is 1. The number of rotatable bonds is 3. The van der Waals surface area contributed by atoms with Crippen LogP contribution in [0.3, 0.4) is 0 Å². The van der Waals surface area contributed by atoms with E-state index in [0.717, 1.165) is 10.0 Å². The molecule has 0 aliphatic rings. The number of hydrogen-bond donors (Lipinski definition) is 1. The molecule has 0 radical (unpaired) electrons. The second-order valence-electron chi connectivity index (χ2n) is 3.71. The third-order valence-corrected chi connectivity index (χ3v) is 3.45. The maximum absolute atomic E-state index is 6.10. The number of nitrogen functional groups attached to an aromatic ring is 1. The summed E-state index contributed by atoms with van der Waals surface area (Å²) in [6, 6.07) is 10.7. The van der Waals surface area contributed by atoms with Gasteiger partial charge in [-0.2, -0.15) is 0 Å². The first kappa shape index (κ1) is 13.5. The van der Waals surface area contributed by atoms with Crippen LogP contribution in [0.25, 0.3) is 0 Å². The number of hydrogen-bond acceptors (Lipinski definition) is 2. The quantitative estimate of drug-likeness (QED) is 0.801. The largest absolute Gasteiger partial charge is 0.487 e. The first-order chi connectivity index (χ1) is 8.56. The van der Waals surface area contributed by atoms with Crippen LogP contribution in [0.5, 0.6) is 5.75 Å². The van der Waals surface area contributed by atoms with E-state index in [-0.39, 0.29) is 0 Å². The lowest BCUT2D eigenvalue weighted by atomic mass is 10.2. The van der Waals surface area contributed by atoms with Gasteiger partial charge in [-0.1, -0.05) is 45.2 Å². The number of nitrogens with two attached hydrogens (primary N) is 1. The van der Waals surface area contributed by atoms with Crippen molar-refractivity contribution in [3.8, 4) is 5.75 Å². The Kier molecular flexibility index (Phi) is 4.38. The predicted octanol–water partition coefficient (Wildman–Crippen LogP) is 4.92. The molecule has 0 heterocycles. The van der Waals surface area contributed by atoms with Gasteiger partial charge in [-0.3, -0.25) is 0 Å². The molecule has 2 rings (SSSR count). The lowest BCUT2D eigenvalue weighted by Crippen LogP contribution is -1.99. The molecule has 0 atom stereocenters. The third-order valence-electron chi connectivity index (χ3n) is 2.37. The molecule has 94 valence electrons. The van der Waals surface area contributed by atoms with Crippen molar-refractivity contribution in [1.29, 1.82) is 0 Å². The van der Waals surface area contributed by atoms with E-state index in [2.05, 4.69) is 15.9 Å². The Morgan fingerprint density at radius 2 is 1.89 bits per heavy atom. The summed E-state index contributed by atoms with van der Waals surface area (Å²) in [7, 11) is 0. The second-order valence-corrected chi connectivity index (χ2v) is 5.47. The molecule has 18 heavy (non-hydrogen) atoms. The molecule has 0 bridgehead atoms. The maximum atomic E-state index is 6.10. The second kappa shape index (κ2) is 5.83. The molecule has 2 nitrogen and oxygen atoms in total. The van der Waals surface area contributed by atoms with Gasteiger partial charge < -0.3 is 10.5 Å². The summed E-state index contributed by atoms with van der Waals surface area (Å²) in [6.45, 7) is 0.344. The van der Waals surface area contributed by atoms with Gasteiger partial charge in [0.2, 0.25) is 0 Å². The predicted molar refractivity (Wildman–Crippen MR) is 79.3 cm³/mol. The Morgan fingerprint density at radius 1 is 1.11 bits per heavy atom. The average molecular weight is 347 g/mol. The van der Waals surface area contributed by atoms with Crippen molar-refractivity contribution in [2.75, 3.05) is 5.73 Å². The van der Waals surface area contributed by atoms with E-state index in [0.29, 0.717) is 28.1 Å². The molecule has 2 aromatic rings. The summed E-state index contributed by atoms with van der Waals surface area (Å²) in [4.78, 5) is 0. The van der Waals surface area contributed by atoms with Crippen molar-refractivity contribution in [2.24, 2.45) is 0 Å². The molecule has 0 fully saturated rings. The van der Waals surface area contributed by atoms with E-state index < -0.39 is 0 Å². The third kappa shape index (κ3) is 3.31. The molecule has 0 aliphatic carbocycles. The van der Waals surface area contributed by atoms with Crippen molar-refractivity contribution in [3.05, 3.63) is 56.5 Å². The van der Waals surface area contributed by atoms with Crippen molar-refractivity contribution in [1.82, 2.24) is 0 Å². The van der Waals surface area contributed by atoms with Crippen LogP contribution in [-0.4, -0.2) is 0 Å². The van der Waals surface area contributed by atoms with E-state index in [9.17, 15) is 0 Å². The SMILES string of the molecule is Nc1ccc(Cl)cc1OCc1ccc(Br)cc1Cl. The minimum Gasteiger partial charge on any atom is -0.487 e. The van der Waals surface area contributed by atoms with Crippen LogP contribution in [0.15, 0.2) is 40.9 Å². The number of ether oxygens (including phenoxy) is 1. The minimum absolute atomic E-state index is 0.344. The number of halogens is 3. The van der Waals surface area contributed by atoms with E-state index in [1.54, 1.807) is 18.2 Å². The summed E-state index contributed by atoms with van der Waals surface area (Å²) < 4.78 is 6.54. The van der Waals surface area contributed by atoms with Crippen LogP contribution in [0.1, 0.15) is 5.56 Å². The van der Waals surface area contributed by atoms with Crippen molar-refractivity contribution in [3.63, 3.8) is 0 Å². The highest BCUT2D eigenvalue weighted by Gasteiger charge is 2.05. The lowest BCUT2D eigenvalue weighted by molar-refractivity contribution is 0.308. The van der Waals surface area contributed by atoms with Gasteiger partial charge in [-0.15, -0.1) is 0 Å². The first-order valence-electron chi connectivity index (χ1n) is 5.18. The van der Waals surface area contributed by atoms with Crippen LogP contribution in [0, 0.1) is 0 Å². The van der Waals surface area contributed by atoms with Crippen LogP contribution < -0.4 is 10.5 Å². The Hall–Kier alpha value is -0.900. The van der Waals surface area contributed by atoms with Gasteiger partial charge in [0.1, 0.15) is 12.4 Å². The lowest BCUT2D eigenvalue weighted by Gasteiger charge is -2.10. The standard InChI is InChI=1S/C13H10BrCl2NO/c14-9-2-1-8(11(16)5-9)7-18-13-6-10(15)3-4-12(13)17/h1-6H,7,17H2. The smallest absolute Gasteiger partial charge is 0.144 e. The van der Waals surface area contributed by atoms with E-state index in [1.807, 2.05) is 18.2 Å². The monoisotopic (exact) mass is 345 g/mol. The molecule has 0 unspecified atom stereocenters. The van der Waals surface area contributed by atoms with Crippen LogP contribution in [0.4, 0.5) is 5.69 Å². The molecule has 2 N–H and O–H groups in total. The summed E-state index contributed by atoms with van der Waals surface area (Å²) in [5.41, 5.74) is 7.23.